The van der Waals surface area contributed by atoms with Crippen molar-refractivity contribution in [3.05, 3.63) is 51.8 Å². The van der Waals surface area contributed by atoms with Crippen molar-refractivity contribution in [2.45, 2.75) is 13.8 Å². The molecule has 2 aromatic rings. The van der Waals surface area contributed by atoms with Crippen LogP contribution in [0.3, 0.4) is 0 Å². The van der Waals surface area contributed by atoms with Crippen LogP contribution in [-0.2, 0) is 16.6 Å². The monoisotopic (exact) mass is 378 g/mol. The molecule has 1 aromatic carbocycles. The van der Waals surface area contributed by atoms with E-state index in [9.17, 15) is 4.79 Å². The van der Waals surface area contributed by atoms with Gasteiger partial charge in [0.15, 0.2) is 0 Å². The molecule has 122 valence electrons. The Bertz CT molecular complexity index is 705. The first-order chi connectivity index (χ1) is 11.0. The highest BCUT2D eigenvalue weighted by Crippen LogP contribution is 2.16. The Morgan fingerprint density at radius 1 is 1.26 bits per heavy atom. The fourth-order valence-corrected chi connectivity index (χ4v) is 2.33. The molecule has 1 aromatic heterocycles. The molecule has 6 heteroatoms. The number of carbonyl (C=O) groups is 1. The topological polar surface area (TPSA) is 53.4 Å². The lowest BCUT2D eigenvalue weighted by molar-refractivity contribution is -0.138. The van der Waals surface area contributed by atoms with Gasteiger partial charge in [0.25, 0.3) is 0 Å². The molecule has 0 amide bonds. The van der Waals surface area contributed by atoms with E-state index < -0.39 is 5.97 Å². The average molecular weight is 379 g/mol. The summed E-state index contributed by atoms with van der Waals surface area (Å²) >= 11 is 3.36. The minimum absolute atomic E-state index is 0.199. The molecule has 0 unspecified atom stereocenters. The molecular formula is C17H19BrN2O3. The van der Waals surface area contributed by atoms with Crippen LogP contribution in [0, 0.1) is 13.8 Å². The van der Waals surface area contributed by atoms with Crippen LogP contribution in [0.4, 0.5) is 0 Å². The van der Waals surface area contributed by atoms with E-state index in [2.05, 4.69) is 21.0 Å². The Morgan fingerprint density at radius 2 is 1.96 bits per heavy atom. The van der Waals surface area contributed by atoms with Crippen molar-refractivity contribution >= 4 is 28.0 Å². The first kappa shape index (κ1) is 17.3. The van der Waals surface area contributed by atoms with Gasteiger partial charge >= 0.3 is 5.97 Å². The number of esters is 1. The van der Waals surface area contributed by atoms with Gasteiger partial charge in [0.2, 0.25) is 0 Å². The lowest BCUT2D eigenvalue weighted by atomic mass is 10.2. The molecule has 5 nitrogen and oxygen atoms in total. The molecule has 2 rings (SSSR count). The van der Waals surface area contributed by atoms with E-state index in [4.69, 9.17) is 9.47 Å². The second kappa shape index (κ2) is 7.97. The number of benzene rings is 1. The maximum absolute atomic E-state index is 11.7. The number of carbonyl (C=O) groups excluding carboxylic acids is 1. The van der Waals surface area contributed by atoms with E-state index >= 15 is 0 Å². The van der Waals surface area contributed by atoms with Crippen LogP contribution < -0.4 is 4.74 Å². The van der Waals surface area contributed by atoms with Gasteiger partial charge in [-0.05, 0) is 44.2 Å². The van der Waals surface area contributed by atoms with Gasteiger partial charge in [-0.15, -0.1) is 0 Å². The van der Waals surface area contributed by atoms with Crippen LogP contribution in [-0.4, -0.2) is 29.0 Å². The summed E-state index contributed by atoms with van der Waals surface area (Å²) in [6.07, 6.45) is 3.15. The molecular weight excluding hydrogens is 360 g/mol. The molecule has 1 heterocycles. The minimum Gasteiger partial charge on any atom is -0.490 e. The fraction of sp³-hybridized carbons (Fsp3) is 0.294. The van der Waals surface area contributed by atoms with E-state index in [0.717, 1.165) is 27.2 Å². The van der Waals surface area contributed by atoms with Crippen molar-refractivity contribution in [1.82, 2.24) is 9.78 Å². The molecule has 0 saturated heterocycles. The van der Waals surface area contributed by atoms with Gasteiger partial charge < -0.3 is 9.47 Å². The number of aryl methyl sites for hydroxylation is 2. The summed E-state index contributed by atoms with van der Waals surface area (Å²) in [6, 6.07) is 7.48. The minimum atomic E-state index is -0.396. The standard InChI is InChI=1S/C17H19BrN2O3/c1-12-16(13(2)20(3)19-12)8-9-17(21)23-11-10-22-15-6-4-14(18)5-7-15/h4-9H,10-11H2,1-3H3/b9-8+. The average Bonchev–Trinajstić information content (AvgIpc) is 2.76. The van der Waals surface area contributed by atoms with Crippen molar-refractivity contribution < 1.29 is 14.3 Å². The molecule has 0 aliphatic rings. The second-order valence-corrected chi connectivity index (χ2v) is 5.93. The van der Waals surface area contributed by atoms with Gasteiger partial charge in [-0.1, -0.05) is 15.9 Å². The van der Waals surface area contributed by atoms with Crippen LogP contribution in [0.1, 0.15) is 17.0 Å². The maximum atomic E-state index is 11.7. The normalized spacial score (nSPS) is 11.0. The molecule has 0 spiro atoms. The van der Waals surface area contributed by atoms with Gasteiger partial charge in [0.1, 0.15) is 19.0 Å². The highest BCUT2D eigenvalue weighted by atomic mass is 79.9. The van der Waals surface area contributed by atoms with Gasteiger partial charge in [-0.25, -0.2) is 4.79 Å². The van der Waals surface area contributed by atoms with E-state index in [-0.39, 0.29) is 6.61 Å². The lowest BCUT2D eigenvalue weighted by Crippen LogP contribution is -2.10. The largest absolute Gasteiger partial charge is 0.490 e. The first-order valence-electron chi connectivity index (χ1n) is 7.21. The Hall–Kier alpha value is -2.08. The van der Waals surface area contributed by atoms with Crippen molar-refractivity contribution in [3.63, 3.8) is 0 Å². The molecule has 0 aliphatic heterocycles. The number of hydrogen-bond donors (Lipinski definition) is 0. The van der Waals surface area contributed by atoms with Gasteiger partial charge in [0.05, 0.1) is 5.69 Å². The van der Waals surface area contributed by atoms with Gasteiger partial charge in [0, 0.05) is 28.9 Å². The fourth-order valence-electron chi connectivity index (χ4n) is 2.06. The highest BCUT2D eigenvalue weighted by Gasteiger charge is 2.06. The Labute approximate surface area is 144 Å². The molecule has 0 atom stereocenters. The smallest absolute Gasteiger partial charge is 0.330 e. The summed E-state index contributed by atoms with van der Waals surface area (Å²) in [5.74, 6) is 0.341. The second-order valence-electron chi connectivity index (χ2n) is 5.01. The summed E-state index contributed by atoms with van der Waals surface area (Å²) in [6.45, 7) is 4.37. The van der Waals surface area contributed by atoms with E-state index in [1.165, 1.54) is 6.08 Å². The van der Waals surface area contributed by atoms with Crippen LogP contribution in [0.25, 0.3) is 6.08 Å². The van der Waals surface area contributed by atoms with E-state index in [1.807, 2.05) is 45.2 Å². The molecule has 0 saturated carbocycles. The van der Waals surface area contributed by atoms with Crippen molar-refractivity contribution in [3.8, 4) is 5.75 Å². The summed E-state index contributed by atoms with van der Waals surface area (Å²) in [4.78, 5) is 11.7. The zero-order valence-corrected chi connectivity index (χ0v) is 15.0. The summed E-state index contributed by atoms with van der Waals surface area (Å²) in [5.41, 5.74) is 2.83. The summed E-state index contributed by atoms with van der Waals surface area (Å²) < 4.78 is 13.4. The summed E-state index contributed by atoms with van der Waals surface area (Å²) in [7, 11) is 1.87. The van der Waals surface area contributed by atoms with Crippen molar-refractivity contribution in [1.29, 1.82) is 0 Å². The molecule has 0 N–H and O–H groups in total. The highest BCUT2D eigenvalue weighted by molar-refractivity contribution is 9.10. The number of halogens is 1. The number of aromatic nitrogens is 2. The van der Waals surface area contributed by atoms with Crippen LogP contribution >= 0.6 is 15.9 Å². The first-order valence-corrected chi connectivity index (χ1v) is 8.00. The molecule has 0 radical (unpaired) electrons. The third-order valence-corrected chi connectivity index (χ3v) is 3.89. The van der Waals surface area contributed by atoms with Gasteiger partial charge in [-0.2, -0.15) is 5.10 Å². The molecule has 0 fully saturated rings. The van der Waals surface area contributed by atoms with E-state index in [0.29, 0.717) is 6.61 Å². The molecule has 0 bridgehead atoms. The van der Waals surface area contributed by atoms with Gasteiger partial charge in [-0.3, -0.25) is 4.68 Å². The van der Waals surface area contributed by atoms with Crippen molar-refractivity contribution in [2.75, 3.05) is 13.2 Å². The molecule has 0 aliphatic carbocycles. The number of nitrogens with zero attached hydrogens (tertiary/aromatic N) is 2. The quantitative estimate of drug-likeness (QED) is 0.438. The Balaban J connectivity index is 1.76. The number of rotatable bonds is 6. The number of hydrogen-bond acceptors (Lipinski definition) is 4. The van der Waals surface area contributed by atoms with Crippen LogP contribution in [0.2, 0.25) is 0 Å². The van der Waals surface area contributed by atoms with Crippen LogP contribution in [0.5, 0.6) is 5.75 Å². The summed E-state index contributed by atoms with van der Waals surface area (Å²) in [5, 5.41) is 4.29. The zero-order valence-electron chi connectivity index (χ0n) is 13.4. The number of ether oxygens (including phenoxy) is 2. The van der Waals surface area contributed by atoms with Crippen molar-refractivity contribution in [2.24, 2.45) is 7.05 Å². The Kier molecular flexibility index (Phi) is 5.98. The predicted molar refractivity (Wildman–Crippen MR) is 92.3 cm³/mol. The van der Waals surface area contributed by atoms with E-state index in [1.54, 1.807) is 10.8 Å². The molecule has 23 heavy (non-hydrogen) atoms. The zero-order chi connectivity index (χ0) is 16.8. The maximum Gasteiger partial charge on any atom is 0.330 e. The lowest BCUT2D eigenvalue weighted by Gasteiger charge is -2.06. The third kappa shape index (κ3) is 4.96. The SMILES string of the molecule is Cc1nn(C)c(C)c1/C=C/C(=O)OCCOc1ccc(Br)cc1. The predicted octanol–water partition coefficient (Wildman–Crippen LogP) is 3.43. The Morgan fingerprint density at radius 3 is 2.57 bits per heavy atom. The van der Waals surface area contributed by atoms with Crippen LogP contribution in [0.15, 0.2) is 34.8 Å². The third-order valence-electron chi connectivity index (χ3n) is 3.36.